The van der Waals surface area contributed by atoms with Gasteiger partial charge in [-0.1, -0.05) is 12.1 Å². The summed E-state index contributed by atoms with van der Waals surface area (Å²) in [7, 11) is 0. The maximum Gasteiger partial charge on any atom is 0.168 e. The topological polar surface area (TPSA) is 42.5 Å². The molecule has 6 heteroatoms. The number of benzene rings is 1. The third-order valence-corrected chi connectivity index (χ3v) is 3.34. The highest BCUT2D eigenvalue weighted by Crippen LogP contribution is 2.24. The standard InChI is InChI=1S/C13H18N2O2.2BrH/c1-2-13-11(3-6-16-17-13)7-10(1)8-12-9-14-4-5-15-12;;/h1-2,7,12,14-15H,3-6,8-9H2;2*1H. The van der Waals surface area contributed by atoms with Gasteiger partial charge in [0.15, 0.2) is 5.75 Å². The smallest absolute Gasteiger partial charge is 0.168 e. The Kier molecular flexibility index (Phi) is 7.31. The van der Waals surface area contributed by atoms with Gasteiger partial charge in [-0.15, -0.1) is 34.0 Å². The van der Waals surface area contributed by atoms with Gasteiger partial charge in [-0.2, -0.15) is 4.89 Å². The van der Waals surface area contributed by atoms with E-state index in [4.69, 9.17) is 9.78 Å². The van der Waals surface area contributed by atoms with E-state index >= 15 is 0 Å². The van der Waals surface area contributed by atoms with E-state index in [0.717, 1.165) is 38.2 Å². The van der Waals surface area contributed by atoms with Crippen molar-refractivity contribution in [2.75, 3.05) is 26.2 Å². The zero-order valence-corrected chi connectivity index (χ0v) is 14.1. The average molecular weight is 396 g/mol. The SMILES string of the molecule is Br.Br.c1cc2c(cc1CC1CNCCN1)CCOO2. The second kappa shape index (κ2) is 8.21. The van der Waals surface area contributed by atoms with Crippen molar-refractivity contribution < 1.29 is 9.78 Å². The molecule has 0 radical (unpaired) electrons. The van der Waals surface area contributed by atoms with E-state index < -0.39 is 0 Å². The van der Waals surface area contributed by atoms with Gasteiger partial charge in [0.25, 0.3) is 0 Å². The van der Waals surface area contributed by atoms with Crippen LogP contribution in [0.25, 0.3) is 0 Å². The van der Waals surface area contributed by atoms with Crippen molar-refractivity contribution in [2.45, 2.75) is 18.9 Å². The third-order valence-electron chi connectivity index (χ3n) is 3.34. The second-order valence-corrected chi connectivity index (χ2v) is 4.66. The lowest BCUT2D eigenvalue weighted by molar-refractivity contribution is -0.215. The van der Waals surface area contributed by atoms with Gasteiger partial charge in [0.05, 0.1) is 6.61 Å². The van der Waals surface area contributed by atoms with Crippen LogP contribution >= 0.6 is 34.0 Å². The predicted octanol–water partition coefficient (Wildman–Crippen LogP) is 1.81. The molecule has 108 valence electrons. The van der Waals surface area contributed by atoms with Crippen LogP contribution in [0.15, 0.2) is 18.2 Å². The summed E-state index contributed by atoms with van der Waals surface area (Å²) in [5.41, 5.74) is 2.63. The van der Waals surface area contributed by atoms with E-state index in [1.54, 1.807) is 0 Å². The molecule has 0 bridgehead atoms. The van der Waals surface area contributed by atoms with Crippen LogP contribution in [0.5, 0.6) is 5.75 Å². The summed E-state index contributed by atoms with van der Waals surface area (Å²) in [5, 5.41) is 6.94. The highest BCUT2D eigenvalue weighted by atomic mass is 79.9. The van der Waals surface area contributed by atoms with Crippen molar-refractivity contribution in [3.63, 3.8) is 0 Å². The summed E-state index contributed by atoms with van der Waals surface area (Å²) in [6.45, 7) is 3.84. The minimum Gasteiger partial charge on any atom is -0.337 e. The van der Waals surface area contributed by atoms with Gasteiger partial charge in [0.2, 0.25) is 0 Å². The molecule has 19 heavy (non-hydrogen) atoms. The molecule has 1 unspecified atom stereocenters. The molecule has 0 amide bonds. The lowest BCUT2D eigenvalue weighted by Gasteiger charge is -2.25. The van der Waals surface area contributed by atoms with Crippen LogP contribution in [0.3, 0.4) is 0 Å². The van der Waals surface area contributed by atoms with Crippen LogP contribution < -0.4 is 15.5 Å². The van der Waals surface area contributed by atoms with Gasteiger partial charge in [-0.05, 0) is 18.1 Å². The minimum absolute atomic E-state index is 0. The summed E-state index contributed by atoms with van der Waals surface area (Å²) in [5.74, 6) is 0.870. The molecular weight excluding hydrogens is 376 g/mol. The Balaban J connectivity index is 0.000000902. The molecule has 3 rings (SSSR count). The zero-order valence-electron chi connectivity index (χ0n) is 10.7. The molecule has 4 nitrogen and oxygen atoms in total. The molecular formula is C13H20Br2N2O2. The monoisotopic (exact) mass is 394 g/mol. The molecule has 1 aromatic carbocycles. The number of hydrogen-bond donors (Lipinski definition) is 2. The molecule has 0 spiro atoms. The van der Waals surface area contributed by atoms with E-state index in [1.807, 2.05) is 6.07 Å². The number of piperazine rings is 1. The molecule has 2 aliphatic heterocycles. The molecule has 2 aliphatic rings. The first-order valence-corrected chi connectivity index (χ1v) is 6.27. The fourth-order valence-corrected chi connectivity index (χ4v) is 2.44. The second-order valence-electron chi connectivity index (χ2n) is 4.66. The van der Waals surface area contributed by atoms with Gasteiger partial charge in [-0.25, -0.2) is 0 Å². The minimum atomic E-state index is 0. The Hall–Kier alpha value is -0.140. The number of rotatable bonds is 2. The van der Waals surface area contributed by atoms with Crippen LogP contribution in [0.2, 0.25) is 0 Å². The van der Waals surface area contributed by atoms with Crippen molar-refractivity contribution in [3.05, 3.63) is 29.3 Å². The third kappa shape index (κ3) is 4.43. The molecule has 1 fully saturated rings. The number of fused-ring (bicyclic) bond motifs is 1. The van der Waals surface area contributed by atoms with Crippen LogP contribution in [0.4, 0.5) is 0 Å². The first-order chi connectivity index (χ1) is 8.42. The Morgan fingerprint density at radius 3 is 2.89 bits per heavy atom. The Morgan fingerprint density at radius 2 is 2.11 bits per heavy atom. The van der Waals surface area contributed by atoms with Crippen LogP contribution in [-0.2, 0) is 17.7 Å². The highest BCUT2D eigenvalue weighted by molar-refractivity contribution is 8.93. The summed E-state index contributed by atoms with van der Waals surface area (Å²) in [6, 6.07) is 6.93. The summed E-state index contributed by atoms with van der Waals surface area (Å²) >= 11 is 0. The highest BCUT2D eigenvalue weighted by Gasteiger charge is 2.15. The van der Waals surface area contributed by atoms with Crippen molar-refractivity contribution in [1.29, 1.82) is 0 Å². The summed E-state index contributed by atoms with van der Waals surface area (Å²) in [6.07, 6.45) is 2.01. The zero-order chi connectivity index (χ0) is 11.5. The van der Waals surface area contributed by atoms with Crippen LogP contribution in [-0.4, -0.2) is 32.3 Å². The quantitative estimate of drug-likeness (QED) is 0.749. The number of halogens is 2. The van der Waals surface area contributed by atoms with Gasteiger partial charge in [0, 0.05) is 37.7 Å². The van der Waals surface area contributed by atoms with E-state index in [9.17, 15) is 0 Å². The Labute approximate surface area is 134 Å². The van der Waals surface area contributed by atoms with Crippen molar-refractivity contribution >= 4 is 34.0 Å². The lowest BCUT2D eigenvalue weighted by atomic mass is 10.0. The largest absolute Gasteiger partial charge is 0.337 e. The molecule has 1 atom stereocenters. The maximum absolute atomic E-state index is 5.14. The normalized spacial score (nSPS) is 21.4. The summed E-state index contributed by atoms with van der Waals surface area (Å²) < 4.78 is 0. The molecule has 0 saturated carbocycles. The molecule has 1 saturated heterocycles. The van der Waals surface area contributed by atoms with Gasteiger partial charge in [-0.3, -0.25) is 0 Å². The Bertz CT molecular complexity index is 398. The maximum atomic E-state index is 5.14. The lowest BCUT2D eigenvalue weighted by Crippen LogP contribution is -2.49. The molecule has 2 N–H and O–H groups in total. The molecule has 0 aliphatic carbocycles. The van der Waals surface area contributed by atoms with Gasteiger partial charge >= 0.3 is 0 Å². The van der Waals surface area contributed by atoms with Crippen LogP contribution in [0.1, 0.15) is 11.1 Å². The van der Waals surface area contributed by atoms with Crippen molar-refractivity contribution in [3.8, 4) is 5.75 Å². The number of nitrogens with one attached hydrogen (secondary N) is 2. The van der Waals surface area contributed by atoms with E-state index in [0.29, 0.717) is 12.6 Å². The molecule has 0 aromatic heterocycles. The van der Waals surface area contributed by atoms with Crippen LogP contribution in [0, 0.1) is 0 Å². The van der Waals surface area contributed by atoms with Gasteiger partial charge < -0.3 is 15.5 Å². The molecule has 1 aromatic rings. The fraction of sp³-hybridized carbons (Fsp3) is 0.538. The van der Waals surface area contributed by atoms with Crippen molar-refractivity contribution in [2.24, 2.45) is 0 Å². The average Bonchev–Trinajstić information content (AvgIpc) is 2.40. The predicted molar refractivity (Wildman–Crippen MR) is 85.7 cm³/mol. The summed E-state index contributed by atoms with van der Waals surface area (Å²) in [4.78, 5) is 10.1. The Morgan fingerprint density at radius 1 is 1.21 bits per heavy atom. The molecule has 2 heterocycles. The van der Waals surface area contributed by atoms with E-state index in [2.05, 4.69) is 22.8 Å². The van der Waals surface area contributed by atoms with Crippen molar-refractivity contribution in [1.82, 2.24) is 10.6 Å². The number of hydrogen-bond acceptors (Lipinski definition) is 4. The first kappa shape index (κ1) is 16.9. The first-order valence-electron chi connectivity index (χ1n) is 6.27. The van der Waals surface area contributed by atoms with Gasteiger partial charge in [0.1, 0.15) is 0 Å². The van der Waals surface area contributed by atoms with E-state index in [-0.39, 0.29) is 34.0 Å². The van der Waals surface area contributed by atoms with E-state index in [1.165, 1.54) is 11.1 Å². The fourth-order valence-electron chi connectivity index (χ4n) is 2.44.